The van der Waals surface area contributed by atoms with E-state index in [0.29, 0.717) is 5.11 Å². The van der Waals surface area contributed by atoms with Gasteiger partial charge in [0.15, 0.2) is 5.11 Å². The molecule has 13 heavy (non-hydrogen) atoms. The summed E-state index contributed by atoms with van der Waals surface area (Å²) in [5.41, 5.74) is 5.11. The Labute approximate surface area is 84.4 Å². The van der Waals surface area contributed by atoms with E-state index in [9.17, 15) is 4.79 Å². The molecule has 0 rings (SSSR count). The first-order chi connectivity index (χ1) is 5.93. The molecule has 0 atom stereocenters. The Hall–Kier alpha value is -0.840. The number of hydrogen-bond donors (Lipinski definition) is 3. The Kier molecular flexibility index (Phi) is 5.37. The normalized spacial score (nSPS) is 10.0. The molecule has 5 heteroatoms. The van der Waals surface area contributed by atoms with Crippen molar-refractivity contribution in [3.63, 3.8) is 0 Å². The zero-order valence-electron chi connectivity index (χ0n) is 8.47. The lowest BCUT2D eigenvalue weighted by molar-refractivity contribution is -0.124. The highest BCUT2D eigenvalue weighted by Gasteiger charge is 2.06. The Bertz CT molecular complexity index is 192. The van der Waals surface area contributed by atoms with Crippen LogP contribution in [-0.2, 0) is 4.79 Å². The molecule has 1 amide bonds. The van der Waals surface area contributed by atoms with Crippen LogP contribution in [0.3, 0.4) is 0 Å². The van der Waals surface area contributed by atoms with Crippen LogP contribution in [0.4, 0.5) is 0 Å². The maximum atomic E-state index is 11.1. The second kappa shape index (κ2) is 5.75. The highest BCUT2D eigenvalue weighted by Crippen LogP contribution is 1.88. The van der Waals surface area contributed by atoms with Crippen molar-refractivity contribution in [2.75, 3.05) is 0 Å². The number of carbonyl (C=O) groups excluding carboxylic acids is 1. The molecule has 0 radical (unpaired) electrons. The number of hydrogen-bond acceptors (Lipinski definition) is 2. The van der Waals surface area contributed by atoms with E-state index in [1.807, 2.05) is 27.7 Å². The van der Waals surface area contributed by atoms with Gasteiger partial charge in [0.25, 0.3) is 0 Å². The molecule has 0 unspecified atom stereocenters. The van der Waals surface area contributed by atoms with Gasteiger partial charge in [-0.3, -0.25) is 15.6 Å². The Balaban J connectivity index is 3.64. The minimum atomic E-state index is -0.0760. The summed E-state index contributed by atoms with van der Waals surface area (Å²) in [6.07, 6.45) is 0. The first kappa shape index (κ1) is 12.2. The van der Waals surface area contributed by atoms with Gasteiger partial charge in [0.1, 0.15) is 0 Å². The number of thiocarbonyl (C=S) groups is 1. The van der Waals surface area contributed by atoms with Crippen molar-refractivity contribution < 1.29 is 4.79 Å². The maximum absolute atomic E-state index is 11.1. The summed E-state index contributed by atoms with van der Waals surface area (Å²) < 4.78 is 0. The SMILES string of the molecule is CC(C)NC(=S)NNC(=O)C(C)C. The van der Waals surface area contributed by atoms with Gasteiger partial charge in [-0.15, -0.1) is 0 Å². The molecule has 0 spiro atoms. The number of hydrazine groups is 1. The van der Waals surface area contributed by atoms with Gasteiger partial charge >= 0.3 is 0 Å². The molecular weight excluding hydrogens is 186 g/mol. The van der Waals surface area contributed by atoms with E-state index >= 15 is 0 Å². The van der Waals surface area contributed by atoms with Gasteiger partial charge in [0.2, 0.25) is 5.91 Å². The van der Waals surface area contributed by atoms with E-state index in [4.69, 9.17) is 12.2 Å². The fourth-order valence-corrected chi connectivity index (χ4v) is 0.848. The quantitative estimate of drug-likeness (QED) is 0.453. The maximum Gasteiger partial charge on any atom is 0.240 e. The summed E-state index contributed by atoms with van der Waals surface area (Å²) in [4.78, 5) is 11.1. The number of carbonyl (C=O) groups is 1. The van der Waals surface area contributed by atoms with Gasteiger partial charge in [-0.1, -0.05) is 13.8 Å². The Morgan fingerprint density at radius 2 is 1.69 bits per heavy atom. The molecule has 3 N–H and O–H groups in total. The van der Waals surface area contributed by atoms with E-state index in [1.54, 1.807) is 0 Å². The topological polar surface area (TPSA) is 53.2 Å². The molecule has 0 heterocycles. The van der Waals surface area contributed by atoms with Crippen molar-refractivity contribution in [2.24, 2.45) is 5.92 Å². The molecule has 0 fully saturated rings. The summed E-state index contributed by atoms with van der Waals surface area (Å²) in [6.45, 7) is 7.57. The third-order valence-electron chi connectivity index (χ3n) is 1.24. The standard InChI is InChI=1S/C8H17N3OS/c1-5(2)7(12)10-11-8(13)9-6(3)4/h5-6H,1-4H3,(H,10,12)(H2,9,11,13). The zero-order chi connectivity index (χ0) is 10.4. The highest BCUT2D eigenvalue weighted by molar-refractivity contribution is 7.80. The van der Waals surface area contributed by atoms with Crippen LogP contribution < -0.4 is 16.2 Å². The molecule has 0 saturated heterocycles. The molecular formula is C8H17N3OS. The first-order valence-electron chi connectivity index (χ1n) is 4.29. The van der Waals surface area contributed by atoms with E-state index in [-0.39, 0.29) is 17.9 Å². The lowest BCUT2D eigenvalue weighted by Gasteiger charge is -2.14. The molecule has 0 aromatic rings. The van der Waals surface area contributed by atoms with Crippen LogP contribution in [0.2, 0.25) is 0 Å². The minimum Gasteiger partial charge on any atom is -0.359 e. The predicted molar refractivity (Wildman–Crippen MR) is 57.0 cm³/mol. The summed E-state index contributed by atoms with van der Waals surface area (Å²) in [6, 6.07) is 0.260. The van der Waals surface area contributed by atoms with Crippen molar-refractivity contribution in [1.82, 2.24) is 16.2 Å². The monoisotopic (exact) mass is 203 g/mol. The number of rotatable bonds is 2. The first-order valence-corrected chi connectivity index (χ1v) is 4.70. The fraction of sp³-hybridized carbons (Fsp3) is 0.750. The van der Waals surface area contributed by atoms with Gasteiger partial charge in [0.05, 0.1) is 0 Å². The van der Waals surface area contributed by atoms with Crippen LogP contribution in [0, 0.1) is 5.92 Å². The summed E-state index contributed by atoms with van der Waals surface area (Å²) >= 11 is 4.90. The Morgan fingerprint density at radius 3 is 2.08 bits per heavy atom. The molecule has 76 valence electrons. The third kappa shape index (κ3) is 6.33. The van der Waals surface area contributed by atoms with Gasteiger partial charge in [0, 0.05) is 12.0 Å². The highest BCUT2D eigenvalue weighted by atomic mass is 32.1. The van der Waals surface area contributed by atoms with Crippen molar-refractivity contribution in [3.8, 4) is 0 Å². The van der Waals surface area contributed by atoms with E-state index in [2.05, 4.69) is 16.2 Å². The molecule has 0 saturated carbocycles. The van der Waals surface area contributed by atoms with Gasteiger partial charge in [-0.05, 0) is 26.1 Å². The molecule has 0 bridgehead atoms. The molecule has 0 aliphatic rings. The van der Waals surface area contributed by atoms with Crippen LogP contribution in [-0.4, -0.2) is 17.1 Å². The largest absolute Gasteiger partial charge is 0.359 e. The average molecular weight is 203 g/mol. The second-order valence-electron chi connectivity index (χ2n) is 3.40. The zero-order valence-corrected chi connectivity index (χ0v) is 9.29. The van der Waals surface area contributed by atoms with E-state index in [1.165, 1.54) is 0 Å². The lowest BCUT2D eigenvalue weighted by Crippen LogP contribution is -2.49. The van der Waals surface area contributed by atoms with Crippen molar-refractivity contribution in [3.05, 3.63) is 0 Å². The average Bonchev–Trinajstić information content (AvgIpc) is 1.98. The molecule has 0 aliphatic carbocycles. The van der Waals surface area contributed by atoms with Gasteiger partial charge < -0.3 is 5.32 Å². The number of amides is 1. The van der Waals surface area contributed by atoms with Crippen molar-refractivity contribution >= 4 is 23.2 Å². The van der Waals surface area contributed by atoms with Gasteiger partial charge in [-0.25, -0.2) is 0 Å². The van der Waals surface area contributed by atoms with Crippen LogP contribution in [0.25, 0.3) is 0 Å². The van der Waals surface area contributed by atoms with Crippen molar-refractivity contribution in [1.29, 1.82) is 0 Å². The van der Waals surface area contributed by atoms with Crippen molar-refractivity contribution in [2.45, 2.75) is 33.7 Å². The number of nitrogens with one attached hydrogen (secondary N) is 3. The fourth-order valence-electron chi connectivity index (χ4n) is 0.561. The van der Waals surface area contributed by atoms with Crippen LogP contribution in [0.15, 0.2) is 0 Å². The summed E-state index contributed by atoms with van der Waals surface area (Å²) in [5, 5.41) is 3.38. The molecule has 0 aromatic carbocycles. The molecule has 4 nitrogen and oxygen atoms in total. The van der Waals surface area contributed by atoms with Crippen LogP contribution in [0.1, 0.15) is 27.7 Å². The minimum absolute atomic E-state index is 0.0469. The Morgan fingerprint density at radius 1 is 1.15 bits per heavy atom. The molecule has 0 aliphatic heterocycles. The van der Waals surface area contributed by atoms with Gasteiger partial charge in [-0.2, -0.15) is 0 Å². The predicted octanol–water partition coefficient (Wildman–Crippen LogP) is 0.546. The van der Waals surface area contributed by atoms with Crippen LogP contribution in [0.5, 0.6) is 0 Å². The molecule has 0 aromatic heterocycles. The van der Waals surface area contributed by atoms with E-state index in [0.717, 1.165) is 0 Å². The smallest absolute Gasteiger partial charge is 0.240 e. The third-order valence-corrected chi connectivity index (χ3v) is 1.46. The second-order valence-corrected chi connectivity index (χ2v) is 3.81. The summed E-state index contributed by atoms with van der Waals surface area (Å²) in [7, 11) is 0. The van der Waals surface area contributed by atoms with E-state index < -0.39 is 0 Å². The summed E-state index contributed by atoms with van der Waals surface area (Å²) in [5.74, 6) is -0.123. The van der Waals surface area contributed by atoms with Crippen LogP contribution >= 0.6 is 12.2 Å². The lowest BCUT2D eigenvalue weighted by atomic mass is 10.2.